The zero-order chi connectivity index (χ0) is 26.4. The molecule has 202 valence electrons. The van der Waals surface area contributed by atoms with Crippen molar-refractivity contribution in [3.8, 4) is 5.75 Å². The highest BCUT2D eigenvalue weighted by molar-refractivity contribution is 7.99. The number of alkyl halides is 1. The standard InChI is InChI=1S/C27H38FN4O3PS/c1-27(28,36)12-4-14-35-21-6-3-5-19(15-21)9-10-20-16-22-24(26(34)29-20)25(30-23(33)17-37-2)31-32(22)13-11-18-7-8-18/h3,5-6,15,18,20H,4,7-14,16-17,36H2,1-2H3,(H,29,34)(H,30,31,33). The fourth-order valence-corrected chi connectivity index (χ4v) is 5.22. The first-order valence-electron chi connectivity index (χ1n) is 13.1. The molecule has 0 radical (unpaired) electrons. The summed E-state index contributed by atoms with van der Waals surface area (Å²) in [6, 6.07) is 7.95. The van der Waals surface area contributed by atoms with Crippen molar-refractivity contribution in [1.29, 1.82) is 0 Å². The van der Waals surface area contributed by atoms with Gasteiger partial charge in [0.25, 0.3) is 5.91 Å². The number of nitrogens with one attached hydrogen (secondary N) is 2. The molecule has 1 aromatic heterocycles. The van der Waals surface area contributed by atoms with Crippen molar-refractivity contribution >= 4 is 38.6 Å². The summed E-state index contributed by atoms with van der Waals surface area (Å²) in [5.41, 5.74) is 2.55. The summed E-state index contributed by atoms with van der Waals surface area (Å²) in [6.45, 7) is 2.79. The summed E-state index contributed by atoms with van der Waals surface area (Å²) >= 11 is 1.44. The molecule has 1 aliphatic carbocycles. The molecule has 0 bridgehead atoms. The lowest BCUT2D eigenvalue weighted by molar-refractivity contribution is -0.113. The van der Waals surface area contributed by atoms with Crippen LogP contribution in [0.4, 0.5) is 10.2 Å². The van der Waals surface area contributed by atoms with E-state index in [9.17, 15) is 14.0 Å². The Labute approximate surface area is 225 Å². The van der Waals surface area contributed by atoms with Gasteiger partial charge in [-0.3, -0.25) is 14.3 Å². The summed E-state index contributed by atoms with van der Waals surface area (Å²) in [5, 5.41) is 9.37. The fraction of sp³-hybridized carbons (Fsp3) is 0.593. The second-order valence-electron chi connectivity index (χ2n) is 10.4. The van der Waals surface area contributed by atoms with E-state index in [0.717, 1.165) is 48.7 Å². The van der Waals surface area contributed by atoms with Crippen LogP contribution in [0.2, 0.25) is 0 Å². The zero-order valence-corrected chi connectivity index (χ0v) is 23.7. The highest BCUT2D eigenvalue weighted by Crippen LogP contribution is 2.34. The van der Waals surface area contributed by atoms with Crippen LogP contribution < -0.4 is 15.4 Å². The zero-order valence-electron chi connectivity index (χ0n) is 21.7. The first kappa shape index (κ1) is 27.9. The number of benzene rings is 1. The normalized spacial score (nSPS) is 18.6. The molecule has 0 spiro atoms. The lowest BCUT2D eigenvalue weighted by Crippen LogP contribution is -2.42. The second-order valence-corrected chi connectivity index (χ2v) is 12.5. The molecule has 1 saturated carbocycles. The molecule has 3 unspecified atom stereocenters. The quantitative estimate of drug-likeness (QED) is 0.257. The van der Waals surface area contributed by atoms with Crippen molar-refractivity contribution in [3.05, 3.63) is 41.1 Å². The van der Waals surface area contributed by atoms with Gasteiger partial charge in [-0.05, 0) is 68.9 Å². The molecule has 2 aromatic rings. The summed E-state index contributed by atoms with van der Waals surface area (Å²) in [4.78, 5) is 25.4. The van der Waals surface area contributed by atoms with Crippen molar-refractivity contribution in [2.24, 2.45) is 5.92 Å². The average molecular weight is 549 g/mol. The first-order valence-corrected chi connectivity index (χ1v) is 15.1. The average Bonchev–Trinajstić information content (AvgIpc) is 3.61. The minimum atomic E-state index is -1.26. The largest absolute Gasteiger partial charge is 0.494 e. The van der Waals surface area contributed by atoms with Crippen molar-refractivity contribution in [3.63, 3.8) is 0 Å². The maximum absolute atomic E-state index is 13.6. The molecule has 2 heterocycles. The smallest absolute Gasteiger partial charge is 0.257 e. The van der Waals surface area contributed by atoms with Gasteiger partial charge < -0.3 is 15.4 Å². The molecule has 10 heteroatoms. The summed E-state index contributed by atoms with van der Waals surface area (Å²) in [6.07, 6.45) is 8.78. The third kappa shape index (κ3) is 8.44. The molecule has 1 aromatic carbocycles. The summed E-state index contributed by atoms with van der Waals surface area (Å²) in [7, 11) is 2.22. The van der Waals surface area contributed by atoms with Gasteiger partial charge in [0.1, 0.15) is 16.7 Å². The summed E-state index contributed by atoms with van der Waals surface area (Å²) < 4.78 is 21.4. The third-order valence-corrected chi connectivity index (χ3v) is 7.64. The maximum Gasteiger partial charge on any atom is 0.257 e. The van der Waals surface area contributed by atoms with E-state index in [1.54, 1.807) is 6.92 Å². The van der Waals surface area contributed by atoms with E-state index >= 15 is 0 Å². The number of aryl methyl sites for hydroxylation is 2. The van der Waals surface area contributed by atoms with Crippen LogP contribution in [0.5, 0.6) is 5.75 Å². The van der Waals surface area contributed by atoms with Crippen LogP contribution in [0.25, 0.3) is 0 Å². The third-order valence-electron chi connectivity index (χ3n) is 6.80. The lowest BCUT2D eigenvalue weighted by atomic mass is 9.95. The number of anilines is 1. The number of ether oxygens (including phenoxy) is 1. The van der Waals surface area contributed by atoms with E-state index in [4.69, 9.17) is 4.74 Å². The highest BCUT2D eigenvalue weighted by Gasteiger charge is 2.33. The Morgan fingerprint density at radius 2 is 2.19 bits per heavy atom. The fourth-order valence-electron chi connectivity index (χ4n) is 4.68. The topological polar surface area (TPSA) is 85.2 Å². The van der Waals surface area contributed by atoms with Crippen molar-refractivity contribution in [1.82, 2.24) is 15.1 Å². The monoisotopic (exact) mass is 548 g/mol. The minimum absolute atomic E-state index is 0.0139. The molecule has 7 nitrogen and oxygen atoms in total. The number of thioether (sulfide) groups is 1. The van der Waals surface area contributed by atoms with E-state index < -0.39 is 5.41 Å². The Morgan fingerprint density at radius 1 is 1.38 bits per heavy atom. The number of hydrogen-bond donors (Lipinski definition) is 2. The predicted molar refractivity (Wildman–Crippen MR) is 150 cm³/mol. The molecule has 0 saturated heterocycles. The van der Waals surface area contributed by atoms with Gasteiger partial charge in [0.05, 0.1) is 18.1 Å². The van der Waals surface area contributed by atoms with Crippen LogP contribution in [-0.2, 0) is 24.2 Å². The molecular weight excluding hydrogens is 510 g/mol. The number of aromatic nitrogens is 2. The van der Waals surface area contributed by atoms with Crippen LogP contribution >= 0.6 is 21.0 Å². The first-order chi connectivity index (χ1) is 17.7. The second kappa shape index (κ2) is 12.6. The number of rotatable bonds is 14. The Bertz CT molecular complexity index is 1100. The van der Waals surface area contributed by atoms with Gasteiger partial charge in [0.15, 0.2) is 5.82 Å². The van der Waals surface area contributed by atoms with E-state index in [0.29, 0.717) is 43.0 Å². The van der Waals surface area contributed by atoms with Gasteiger partial charge in [-0.25, -0.2) is 4.39 Å². The van der Waals surface area contributed by atoms with E-state index in [1.165, 1.54) is 24.6 Å². The van der Waals surface area contributed by atoms with Gasteiger partial charge >= 0.3 is 0 Å². The van der Waals surface area contributed by atoms with Crippen LogP contribution in [0.3, 0.4) is 0 Å². The molecule has 37 heavy (non-hydrogen) atoms. The number of hydrogen-bond acceptors (Lipinski definition) is 5. The molecule has 3 atom stereocenters. The molecule has 1 aliphatic heterocycles. The number of nitrogens with zero attached hydrogens (tertiary/aromatic N) is 2. The minimum Gasteiger partial charge on any atom is -0.494 e. The summed E-state index contributed by atoms with van der Waals surface area (Å²) in [5.74, 6) is 1.91. The van der Waals surface area contributed by atoms with Crippen LogP contribution in [-0.4, -0.2) is 51.7 Å². The van der Waals surface area contributed by atoms with Gasteiger partial charge in [0.2, 0.25) is 5.91 Å². The Morgan fingerprint density at radius 3 is 2.92 bits per heavy atom. The number of carbonyl (C=O) groups excluding carboxylic acids is 2. The van der Waals surface area contributed by atoms with E-state index in [1.807, 2.05) is 29.1 Å². The van der Waals surface area contributed by atoms with Gasteiger partial charge in [-0.1, -0.05) is 34.2 Å². The Kier molecular flexibility index (Phi) is 9.51. The Balaban J connectivity index is 1.38. The van der Waals surface area contributed by atoms with E-state index in [-0.39, 0.29) is 17.9 Å². The highest BCUT2D eigenvalue weighted by atomic mass is 32.2. The molecule has 4 rings (SSSR count). The van der Waals surface area contributed by atoms with E-state index in [2.05, 4.69) is 31.0 Å². The van der Waals surface area contributed by atoms with Crippen LogP contribution in [0.15, 0.2) is 24.3 Å². The van der Waals surface area contributed by atoms with Gasteiger partial charge in [0, 0.05) is 19.0 Å². The molecule has 2 amide bonds. The van der Waals surface area contributed by atoms with Crippen molar-refractivity contribution in [2.45, 2.75) is 76.3 Å². The van der Waals surface area contributed by atoms with Crippen LogP contribution in [0.1, 0.15) is 67.1 Å². The number of carbonyl (C=O) groups is 2. The number of amides is 2. The SMILES string of the molecule is CSCC(=O)Nc1nn(CCC2CC2)c2c1C(=O)NC(CCc1cccc(OCCCC(C)(F)P)c1)C2. The van der Waals surface area contributed by atoms with Gasteiger partial charge in [-0.15, -0.1) is 0 Å². The number of halogens is 1. The number of fused-ring (bicyclic) bond motifs is 1. The predicted octanol–water partition coefficient (Wildman–Crippen LogP) is 4.99. The molecule has 1 fully saturated rings. The molecular formula is C27H38FN4O3PS. The van der Waals surface area contributed by atoms with Crippen molar-refractivity contribution < 1.29 is 18.7 Å². The Hall–Kier alpha value is -2.12. The van der Waals surface area contributed by atoms with Crippen molar-refractivity contribution in [2.75, 3.05) is 23.9 Å². The van der Waals surface area contributed by atoms with Crippen LogP contribution in [0, 0.1) is 5.92 Å². The molecule has 2 N–H and O–H groups in total. The molecule has 2 aliphatic rings. The van der Waals surface area contributed by atoms with Gasteiger partial charge in [-0.2, -0.15) is 16.9 Å². The lowest BCUT2D eigenvalue weighted by Gasteiger charge is -2.25. The maximum atomic E-state index is 13.6.